The molecule has 0 radical (unpaired) electrons. The summed E-state index contributed by atoms with van der Waals surface area (Å²) in [4.78, 5) is 17.3. The molecule has 2 atom stereocenters. The molecule has 6 bridgehead atoms. The van der Waals surface area contributed by atoms with E-state index in [1.807, 2.05) is 24.3 Å². The lowest BCUT2D eigenvalue weighted by molar-refractivity contribution is -0.132. The smallest absolute Gasteiger partial charge is 0.308 e. The fourth-order valence-electron chi connectivity index (χ4n) is 7.34. The Hall–Kier alpha value is -4.53. The molecule has 0 aromatic heterocycles. The molecule has 0 saturated heterocycles. The summed E-state index contributed by atoms with van der Waals surface area (Å²) in [6.07, 6.45) is 3.28. The molecule has 0 spiro atoms. The zero-order valence-electron chi connectivity index (χ0n) is 28.0. The maximum Gasteiger partial charge on any atom is 0.308 e. The molecule has 4 aliphatic heterocycles. The number of esters is 1. The highest BCUT2D eigenvalue weighted by molar-refractivity contribution is 5.74. The van der Waals surface area contributed by atoms with Gasteiger partial charge < -0.3 is 23.7 Å². The van der Waals surface area contributed by atoms with E-state index in [9.17, 15) is 4.79 Å². The Morgan fingerprint density at radius 1 is 0.766 bits per heavy atom. The van der Waals surface area contributed by atoms with Crippen molar-refractivity contribution < 1.29 is 28.5 Å². The molecular weight excluding hydrogens is 592 g/mol. The Balaban J connectivity index is 1.47. The van der Waals surface area contributed by atoms with Gasteiger partial charge in [-0.2, -0.15) is 0 Å². The average Bonchev–Trinajstić information content (AvgIpc) is 3.05. The largest absolute Gasteiger partial charge is 0.493 e. The molecule has 0 N–H and O–H groups in total. The van der Waals surface area contributed by atoms with Gasteiger partial charge in [0, 0.05) is 37.7 Å². The molecule has 8 nitrogen and oxygen atoms in total. The number of carbonyl (C=O) groups is 1. The van der Waals surface area contributed by atoms with Gasteiger partial charge in [-0.1, -0.05) is 24.3 Å². The second-order valence-corrected chi connectivity index (χ2v) is 13.0. The molecule has 0 unspecified atom stereocenters. The number of likely N-dealkylation sites (N-methyl/N-ethyl adjacent to an activating group) is 2. The van der Waals surface area contributed by atoms with Crippen LogP contribution in [0.2, 0.25) is 0 Å². The number of nitrogens with zero attached hydrogens (tertiary/aromatic N) is 2. The summed E-state index contributed by atoms with van der Waals surface area (Å²) in [5.41, 5.74) is 8.03. The second kappa shape index (κ2) is 12.6. The van der Waals surface area contributed by atoms with Crippen molar-refractivity contribution in [2.45, 2.75) is 51.6 Å². The summed E-state index contributed by atoms with van der Waals surface area (Å²) in [5.74, 6) is 3.71. The third-order valence-electron chi connectivity index (χ3n) is 9.90. The number of hydrogen-bond acceptors (Lipinski definition) is 8. The van der Waals surface area contributed by atoms with E-state index < -0.39 is 5.97 Å². The molecule has 4 heterocycles. The van der Waals surface area contributed by atoms with Gasteiger partial charge in [-0.05, 0) is 116 Å². The van der Waals surface area contributed by atoms with Crippen molar-refractivity contribution in [2.24, 2.45) is 0 Å². The summed E-state index contributed by atoms with van der Waals surface area (Å²) in [7, 11) is 7.58. The second-order valence-electron chi connectivity index (χ2n) is 13.0. The molecule has 8 heteroatoms. The van der Waals surface area contributed by atoms with Gasteiger partial charge in [-0.15, -0.1) is 0 Å². The maximum absolute atomic E-state index is 12.5. The van der Waals surface area contributed by atoms with E-state index in [1.165, 1.54) is 23.6 Å². The van der Waals surface area contributed by atoms with Crippen molar-refractivity contribution in [2.75, 3.05) is 41.4 Å². The molecule has 0 fully saturated rings. The Labute approximate surface area is 276 Å². The van der Waals surface area contributed by atoms with E-state index in [0.29, 0.717) is 35.2 Å². The van der Waals surface area contributed by atoms with E-state index in [2.05, 4.69) is 67.2 Å². The van der Waals surface area contributed by atoms with Crippen molar-refractivity contribution in [3.8, 4) is 40.2 Å². The normalized spacial score (nSPS) is 19.0. The Kier molecular flexibility index (Phi) is 8.32. The summed E-state index contributed by atoms with van der Waals surface area (Å²) in [6.45, 7) is 5.33. The Bertz CT molecular complexity index is 1830. The topological polar surface area (TPSA) is 69.7 Å². The van der Waals surface area contributed by atoms with Crippen LogP contribution in [-0.4, -0.2) is 57.2 Å². The molecule has 0 amide bonds. The van der Waals surface area contributed by atoms with Crippen LogP contribution in [0.25, 0.3) is 0 Å². The number of hydrogen-bond donors (Lipinski definition) is 0. The molecule has 0 saturated carbocycles. The summed E-state index contributed by atoms with van der Waals surface area (Å²) in [6, 6.07) is 21.0. The molecule has 47 heavy (non-hydrogen) atoms. The molecule has 4 aromatic rings. The lowest BCUT2D eigenvalue weighted by Crippen LogP contribution is -2.34. The minimum absolute atomic E-state index is 0.0785. The van der Waals surface area contributed by atoms with E-state index in [0.717, 1.165) is 66.1 Å². The third-order valence-corrected chi connectivity index (χ3v) is 9.90. The van der Waals surface area contributed by atoms with E-state index >= 15 is 0 Å². The van der Waals surface area contributed by atoms with Gasteiger partial charge in [0.1, 0.15) is 11.5 Å². The van der Waals surface area contributed by atoms with Crippen LogP contribution in [-0.2, 0) is 30.5 Å². The third kappa shape index (κ3) is 5.92. The number of benzene rings is 4. The molecule has 4 aliphatic rings. The number of carbonyl (C=O) groups excluding carboxylic acids is 1. The summed E-state index contributed by atoms with van der Waals surface area (Å²) in [5, 5.41) is 0. The first-order valence-corrected chi connectivity index (χ1v) is 16.3. The van der Waals surface area contributed by atoms with Crippen molar-refractivity contribution in [1.29, 1.82) is 0 Å². The summed E-state index contributed by atoms with van der Waals surface area (Å²) >= 11 is 0. The minimum atomic E-state index is -0.435. The van der Waals surface area contributed by atoms with Gasteiger partial charge in [-0.3, -0.25) is 14.6 Å². The van der Waals surface area contributed by atoms with Crippen LogP contribution in [0.5, 0.6) is 40.2 Å². The number of fused-ring (bicyclic) bond motifs is 2. The number of methoxy groups -OCH3 is 2. The summed E-state index contributed by atoms with van der Waals surface area (Å²) < 4.78 is 30.9. The van der Waals surface area contributed by atoms with Gasteiger partial charge in [0.25, 0.3) is 0 Å². The quantitative estimate of drug-likeness (QED) is 0.171. The highest BCUT2D eigenvalue weighted by atomic mass is 16.6. The van der Waals surface area contributed by atoms with Gasteiger partial charge in [0.05, 0.1) is 14.2 Å². The van der Waals surface area contributed by atoms with E-state index in [4.69, 9.17) is 23.7 Å². The fourth-order valence-corrected chi connectivity index (χ4v) is 7.34. The van der Waals surface area contributed by atoms with Crippen molar-refractivity contribution in [3.05, 3.63) is 99.6 Å². The first kappa shape index (κ1) is 31.1. The van der Waals surface area contributed by atoms with Crippen molar-refractivity contribution >= 4 is 5.97 Å². The first-order valence-electron chi connectivity index (χ1n) is 16.3. The molecule has 4 aromatic carbocycles. The Morgan fingerprint density at radius 2 is 1.45 bits per heavy atom. The zero-order valence-corrected chi connectivity index (χ0v) is 28.0. The van der Waals surface area contributed by atoms with Crippen LogP contribution in [0.4, 0.5) is 0 Å². The number of aryl methyl sites for hydroxylation is 1. The molecular formula is C39H42N2O6. The van der Waals surface area contributed by atoms with Gasteiger partial charge in [-0.25, -0.2) is 0 Å². The van der Waals surface area contributed by atoms with Gasteiger partial charge >= 0.3 is 5.97 Å². The zero-order chi connectivity index (χ0) is 32.8. The average molecular weight is 635 g/mol. The highest BCUT2D eigenvalue weighted by Gasteiger charge is 2.35. The van der Waals surface area contributed by atoms with Crippen LogP contribution < -0.4 is 23.7 Å². The predicted octanol–water partition coefficient (Wildman–Crippen LogP) is 7.38. The number of rotatable bonds is 3. The minimum Gasteiger partial charge on any atom is -0.493 e. The van der Waals surface area contributed by atoms with Crippen LogP contribution in [0, 0.1) is 6.92 Å². The van der Waals surface area contributed by atoms with Crippen LogP contribution in [0.15, 0.2) is 60.7 Å². The van der Waals surface area contributed by atoms with Crippen molar-refractivity contribution in [1.82, 2.24) is 9.80 Å². The Morgan fingerprint density at radius 3 is 2.17 bits per heavy atom. The van der Waals surface area contributed by atoms with Crippen LogP contribution >= 0.6 is 0 Å². The predicted molar refractivity (Wildman–Crippen MR) is 181 cm³/mol. The molecule has 8 rings (SSSR count). The van der Waals surface area contributed by atoms with Gasteiger partial charge in [0.15, 0.2) is 23.0 Å². The van der Waals surface area contributed by atoms with Crippen LogP contribution in [0.3, 0.4) is 0 Å². The van der Waals surface area contributed by atoms with Crippen LogP contribution in [0.1, 0.15) is 58.0 Å². The molecule has 244 valence electrons. The standard InChI is InChI=1S/C39H42N2O6/c1-23-17-27-13-15-40(3)31-18-25-7-10-29(11-8-25)46-35-20-26(9-12-33(35)43-5)19-32-37-28(14-16-41(32)4)21-36(44-6)38(45-24(2)42)39(37)47-34(23)22-30(27)31/h7-12,17,20-22,31-32H,13-16,18-19H2,1-6H3/t31-,32-/m0/s1. The first-order chi connectivity index (χ1) is 22.7. The monoisotopic (exact) mass is 634 g/mol. The van der Waals surface area contributed by atoms with Gasteiger partial charge in [0.2, 0.25) is 5.75 Å². The lowest BCUT2D eigenvalue weighted by atomic mass is 9.87. The SMILES string of the molecule is COc1ccc2cc1Oc1ccc(cc1)C[C@H]1c3cc(c(C)cc3CCN1C)Oc1c(OC(C)=O)c(OC)cc3c1[C@H](C2)N(C)CC3. The van der Waals surface area contributed by atoms with E-state index in [1.54, 1.807) is 14.2 Å². The maximum atomic E-state index is 12.5. The van der Waals surface area contributed by atoms with E-state index in [-0.39, 0.29) is 12.1 Å². The fraction of sp³-hybridized carbons (Fsp3) is 0.359. The lowest BCUT2D eigenvalue weighted by Gasteiger charge is -2.37. The van der Waals surface area contributed by atoms with Crippen molar-refractivity contribution in [3.63, 3.8) is 0 Å². The highest BCUT2D eigenvalue weighted by Crippen LogP contribution is 2.51. The molecule has 0 aliphatic carbocycles. The number of ether oxygens (including phenoxy) is 5.